The summed E-state index contributed by atoms with van der Waals surface area (Å²) >= 11 is 1.29. The Morgan fingerprint density at radius 3 is 2.62 bits per heavy atom. The normalized spacial score (nSPS) is 10.5. The lowest BCUT2D eigenvalue weighted by molar-refractivity contribution is 0.0697. The van der Waals surface area contributed by atoms with Gasteiger partial charge < -0.3 is 5.11 Å². The van der Waals surface area contributed by atoms with E-state index in [-0.39, 0.29) is 11.3 Å². The second-order valence-corrected chi connectivity index (χ2v) is 5.11. The highest BCUT2D eigenvalue weighted by Gasteiger charge is 2.12. The predicted molar refractivity (Wildman–Crippen MR) is 77.7 cm³/mol. The van der Waals surface area contributed by atoms with Crippen LogP contribution >= 0.6 is 11.3 Å². The van der Waals surface area contributed by atoms with E-state index in [9.17, 15) is 9.18 Å². The van der Waals surface area contributed by atoms with E-state index in [1.54, 1.807) is 17.5 Å². The molecule has 1 N–H and O–H groups in total. The number of thiazole rings is 1. The van der Waals surface area contributed by atoms with E-state index >= 15 is 0 Å². The van der Waals surface area contributed by atoms with Gasteiger partial charge in [-0.2, -0.15) is 0 Å². The minimum atomic E-state index is -0.976. The number of rotatable bonds is 3. The molecule has 0 radical (unpaired) electrons. The van der Waals surface area contributed by atoms with E-state index in [4.69, 9.17) is 5.11 Å². The molecule has 0 amide bonds. The van der Waals surface area contributed by atoms with Crippen molar-refractivity contribution in [2.24, 2.45) is 0 Å². The van der Waals surface area contributed by atoms with Crippen molar-refractivity contribution in [2.75, 3.05) is 0 Å². The lowest BCUT2D eigenvalue weighted by atomic mass is 10.1. The Balaban J connectivity index is 1.95. The summed E-state index contributed by atoms with van der Waals surface area (Å²) in [5, 5.41) is 11.1. The minimum absolute atomic E-state index is 0.213. The molecule has 0 aliphatic rings. The lowest BCUT2D eigenvalue weighted by Gasteiger charge is -1.98. The Bertz CT molecular complexity index is 799. The molecule has 6 heteroatoms. The van der Waals surface area contributed by atoms with Crippen LogP contribution in [0.1, 0.15) is 10.4 Å². The average Bonchev–Trinajstić information content (AvgIpc) is 2.97. The largest absolute Gasteiger partial charge is 0.478 e. The second-order valence-electron chi connectivity index (χ2n) is 4.25. The first-order chi connectivity index (χ1) is 10.1. The van der Waals surface area contributed by atoms with Gasteiger partial charge in [-0.3, -0.25) is 4.98 Å². The number of nitrogens with zero attached hydrogens (tertiary/aromatic N) is 2. The van der Waals surface area contributed by atoms with E-state index in [0.29, 0.717) is 10.7 Å². The number of pyridine rings is 1. The van der Waals surface area contributed by atoms with Crippen LogP contribution in [0, 0.1) is 5.82 Å². The summed E-state index contributed by atoms with van der Waals surface area (Å²) in [7, 11) is 0. The van der Waals surface area contributed by atoms with Crippen LogP contribution < -0.4 is 0 Å². The first-order valence-corrected chi connectivity index (χ1v) is 6.93. The number of hydrogen-bond donors (Lipinski definition) is 1. The van der Waals surface area contributed by atoms with Crippen molar-refractivity contribution in [3.8, 4) is 22.0 Å². The number of benzene rings is 1. The summed E-state index contributed by atoms with van der Waals surface area (Å²) < 4.78 is 13.7. The van der Waals surface area contributed by atoms with Gasteiger partial charge in [-0.15, -0.1) is 11.3 Å². The maximum atomic E-state index is 13.7. The predicted octanol–water partition coefficient (Wildman–Crippen LogP) is 3.71. The Morgan fingerprint density at radius 1 is 1.19 bits per heavy atom. The molecular formula is C15H9FN2O2S. The third kappa shape index (κ3) is 2.66. The summed E-state index contributed by atoms with van der Waals surface area (Å²) in [6.45, 7) is 0. The fourth-order valence-electron chi connectivity index (χ4n) is 1.84. The van der Waals surface area contributed by atoms with Crippen LogP contribution in [0.15, 0.2) is 48.0 Å². The van der Waals surface area contributed by atoms with Crippen LogP contribution in [0.5, 0.6) is 0 Å². The van der Waals surface area contributed by atoms with Crippen molar-refractivity contribution in [3.63, 3.8) is 0 Å². The van der Waals surface area contributed by atoms with Crippen LogP contribution in [0.25, 0.3) is 22.0 Å². The molecule has 3 rings (SSSR count). The number of aromatic carboxylic acids is 1. The highest BCUT2D eigenvalue weighted by molar-refractivity contribution is 7.13. The molecular weight excluding hydrogens is 291 g/mol. The van der Waals surface area contributed by atoms with Gasteiger partial charge in [0.25, 0.3) is 0 Å². The number of carboxylic acid groups (broad SMARTS) is 1. The third-order valence-electron chi connectivity index (χ3n) is 2.89. The van der Waals surface area contributed by atoms with Gasteiger partial charge in [0, 0.05) is 17.1 Å². The van der Waals surface area contributed by atoms with Crippen molar-refractivity contribution in [2.45, 2.75) is 0 Å². The molecule has 1 aromatic carbocycles. The van der Waals surface area contributed by atoms with Gasteiger partial charge in [0.15, 0.2) is 5.82 Å². The van der Waals surface area contributed by atoms with E-state index in [1.807, 2.05) is 0 Å². The van der Waals surface area contributed by atoms with Crippen molar-refractivity contribution in [1.82, 2.24) is 9.97 Å². The van der Waals surface area contributed by atoms with Gasteiger partial charge >= 0.3 is 5.97 Å². The topological polar surface area (TPSA) is 63.1 Å². The van der Waals surface area contributed by atoms with E-state index in [1.165, 1.54) is 41.8 Å². The molecule has 0 saturated carbocycles. The molecule has 0 aliphatic carbocycles. The number of hydrogen-bond acceptors (Lipinski definition) is 4. The number of halogens is 1. The van der Waals surface area contributed by atoms with Gasteiger partial charge in [0.2, 0.25) is 0 Å². The van der Waals surface area contributed by atoms with Gasteiger partial charge in [-0.1, -0.05) is 12.1 Å². The first-order valence-electron chi connectivity index (χ1n) is 6.05. The zero-order valence-electron chi connectivity index (χ0n) is 10.7. The average molecular weight is 300 g/mol. The van der Waals surface area contributed by atoms with E-state index < -0.39 is 11.8 Å². The van der Waals surface area contributed by atoms with E-state index in [2.05, 4.69) is 9.97 Å². The lowest BCUT2D eigenvalue weighted by Crippen LogP contribution is -1.95. The molecule has 0 unspecified atom stereocenters. The molecule has 0 fully saturated rings. The summed E-state index contributed by atoms with van der Waals surface area (Å²) in [6, 6.07) is 9.24. The van der Waals surface area contributed by atoms with Gasteiger partial charge in [-0.05, 0) is 24.3 Å². The minimum Gasteiger partial charge on any atom is -0.478 e. The standard InChI is InChI=1S/C15H9FN2O2S/c16-11-2-1-7-17-13(11)14-18-12(8-21-14)9-3-5-10(6-4-9)15(19)20/h1-8H,(H,19,20). The monoisotopic (exact) mass is 300 g/mol. The summed E-state index contributed by atoms with van der Waals surface area (Å²) in [5.74, 6) is -1.39. The zero-order valence-corrected chi connectivity index (χ0v) is 11.5. The van der Waals surface area contributed by atoms with Gasteiger partial charge in [0.1, 0.15) is 10.7 Å². The highest BCUT2D eigenvalue weighted by atomic mass is 32.1. The number of aromatic nitrogens is 2. The van der Waals surface area contributed by atoms with Crippen LogP contribution in [0.2, 0.25) is 0 Å². The number of carbonyl (C=O) groups is 1. The highest BCUT2D eigenvalue weighted by Crippen LogP contribution is 2.29. The molecule has 21 heavy (non-hydrogen) atoms. The molecule has 4 nitrogen and oxygen atoms in total. The van der Waals surface area contributed by atoms with E-state index in [0.717, 1.165) is 5.56 Å². The molecule has 104 valence electrons. The van der Waals surface area contributed by atoms with Crippen molar-refractivity contribution < 1.29 is 14.3 Å². The maximum absolute atomic E-state index is 13.7. The summed E-state index contributed by atoms with van der Waals surface area (Å²) in [5.41, 5.74) is 1.87. The zero-order chi connectivity index (χ0) is 14.8. The molecule has 3 aromatic rings. The fraction of sp³-hybridized carbons (Fsp3) is 0. The Morgan fingerprint density at radius 2 is 1.95 bits per heavy atom. The van der Waals surface area contributed by atoms with Crippen LogP contribution in [-0.4, -0.2) is 21.0 Å². The second kappa shape index (κ2) is 5.41. The molecule has 2 heterocycles. The quantitative estimate of drug-likeness (QED) is 0.801. The summed E-state index contributed by atoms with van der Waals surface area (Å²) in [6.07, 6.45) is 1.52. The van der Waals surface area contributed by atoms with Crippen molar-refractivity contribution in [3.05, 3.63) is 59.4 Å². The molecule has 0 saturated heterocycles. The van der Waals surface area contributed by atoms with Crippen LogP contribution in [0.3, 0.4) is 0 Å². The number of carboxylic acids is 1. The van der Waals surface area contributed by atoms with Gasteiger partial charge in [-0.25, -0.2) is 14.2 Å². The van der Waals surface area contributed by atoms with Crippen LogP contribution in [-0.2, 0) is 0 Å². The summed E-state index contributed by atoms with van der Waals surface area (Å²) in [4.78, 5) is 19.2. The third-order valence-corrected chi connectivity index (χ3v) is 3.74. The molecule has 0 spiro atoms. The molecule has 0 atom stereocenters. The Hall–Kier alpha value is -2.60. The molecule has 2 aromatic heterocycles. The Kier molecular flexibility index (Phi) is 3.45. The Labute approximate surface area is 123 Å². The van der Waals surface area contributed by atoms with Crippen molar-refractivity contribution in [1.29, 1.82) is 0 Å². The van der Waals surface area contributed by atoms with Gasteiger partial charge in [0.05, 0.1) is 11.3 Å². The van der Waals surface area contributed by atoms with Crippen LogP contribution in [0.4, 0.5) is 4.39 Å². The molecule has 0 aliphatic heterocycles. The van der Waals surface area contributed by atoms with Crippen molar-refractivity contribution >= 4 is 17.3 Å². The smallest absolute Gasteiger partial charge is 0.335 e. The first kappa shape index (κ1) is 13.4. The fourth-order valence-corrected chi connectivity index (χ4v) is 2.67. The molecule has 0 bridgehead atoms. The SMILES string of the molecule is O=C(O)c1ccc(-c2csc(-c3ncccc3F)n2)cc1. The maximum Gasteiger partial charge on any atom is 0.335 e.